The molecule has 2 aromatic carbocycles. The van der Waals surface area contributed by atoms with Gasteiger partial charge in [0.15, 0.2) is 0 Å². The highest BCUT2D eigenvalue weighted by Crippen LogP contribution is 2.31. The Kier molecular flexibility index (Phi) is 5.07. The minimum absolute atomic E-state index is 0.257. The molecule has 5 heteroatoms. The quantitative estimate of drug-likeness (QED) is 0.641. The summed E-state index contributed by atoms with van der Waals surface area (Å²) in [6, 6.07) is 18.9. The molecule has 3 aliphatic rings. The fourth-order valence-corrected chi connectivity index (χ4v) is 5.74. The van der Waals surface area contributed by atoms with Gasteiger partial charge >= 0.3 is 0 Å². The van der Waals surface area contributed by atoms with Gasteiger partial charge in [-0.1, -0.05) is 24.3 Å². The van der Waals surface area contributed by atoms with Crippen molar-refractivity contribution in [3.05, 3.63) is 59.8 Å². The summed E-state index contributed by atoms with van der Waals surface area (Å²) in [6.07, 6.45) is 3.93. The first-order chi connectivity index (χ1) is 15.2. The fraction of sp³-hybridized carbons (Fsp3) is 0.462. The number of benzene rings is 2. The number of rotatable bonds is 6. The molecule has 0 unspecified atom stereocenters. The van der Waals surface area contributed by atoms with Crippen LogP contribution in [0, 0.1) is 0 Å². The van der Waals surface area contributed by atoms with Crippen LogP contribution in [0.15, 0.2) is 48.5 Å². The number of aliphatic hydroxyl groups is 1. The van der Waals surface area contributed by atoms with Gasteiger partial charge in [0, 0.05) is 48.3 Å². The summed E-state index contributed by atoms with van der Waals surface area (Å²) in [5.41, 5.74) is 6.34. The minimum atomic E-state index is 0.257. The summed E-state index contributed by atoms with van der Waals surface area (Å²) in [5, 5.41) is 10.9. The second kappa shape index (κ2) is 8.06. The van der Waals surface area contributed by atoms with E-state index in [-0.39, 0.29) is 6.61 Å². The van der Waals surface area contributed by atoms with Gasteiger partial charge in [-0.15, -0.1) is 0 Å². The van der Waals surface area contributed by atoms with Crippen molar-refractivity contribution in [1.29, 1.82) is 0 Å². The molecule has 2 bridgehead atoms. The number of H-pyrrole nitrogens is 1. The Morgan fingerprint density at radius 2 is 1.97 bits per heavy atom. The van der Waals surface area contributed by atoms with Gasteiger partial charge in [0.05, 0.1) is 19.3 Å². The summed E-state index contributed by atoms with van der Waals surface area (Å²) in [5.74, 6) is 0. The Balaban J connectivity index is 1.21. The molecule has 3 fully saturated rings. The second-order valence-corrected chi connectivity index (χ2v) is 9.52. The van der Waals surface area contributed by atoms with Crippen molar-refractivity contribution in [3.8, 4) is 11.1 Å². The molecule has 3 atom stereocenters. The summed E-state index contributed by atoms with van der Waals surface area (Å²) in [6.45, 7) is 5.19. The molecule has 3 aromatic rings. The van der Waals surface area contributed by atoms with Crippen LogP contribution in [-0.4, -0.2) is 64.4 Å². The van der Waals surface area contributed by atoms with Crippen molar-refractivity contribution in [2.45, 2.75) is 50.5 Å². The first-order valence-electron chi connectivity index (χ1n) is 11.7. The molecule has 5 nitrogen and oxygen atoms in total. The largest absolute Gasteiger partial charge is 0.395 e. The Morgan fingerprint density at radius 1 is 1.03 bits per heavy atom. The average Bonchev–Trinajstić information content (AvgIpc) is 3.57. The van der Waals surface area contributed by atoms with Crippen molar-refractivity contribution < 1.29 is 9.84 Å². The van der Waals surface area contributed by atoms with Gasteiger partial charge in [-0.2, -0.15) is 0 Å². The molecule has 0 saturated carbocycles. The molecule has 0 radical (unpaired) electrons. The van der Waals surface area contributed by atoms with E-state index in [9.17, 15) is 5.11 Å². The SMILES string of the molecule is OC[C@H]1CCCN1Cc1cc2cc(-c3cccc(CN4C[C@@H]5C[C@H]4CO5)c3)ccc2[nH]1. The van der Waals surface area contributed by atoms with Crippen molar-refractivity contribution >= 4 is 10.9 Å². The van der Waals surface area contributed by atoms with Crippen molar-refractivity contribution in [3.63, 3.8) is 0 Å². The zero-order valence-corrected chi connectivity index (χ0v) is 18.0. The third-order valence-electron chi connectivity index (χ3n) is 7.42. The highest BCUT2D eigenvalue weighted by atomic mass is 16.5. The van der Waals surface area contributed by atoms with Gasteiger partial charge in [-0.3, -0.25) is 9.80 Å². The Morgan fingerprint density at radius 3 is 2.81 bits per heavy atom. The second-order valence-electron chi connectivity index (χ2n) is 9.52. The van der Waals surface area contributed by atoms with E-state index in [0.29, 0.717) is 18.2 Å². The predicted molar refractivity (Wildman–Crippen MR) is 123 cm³/mol. The highest BCUT2D eigenvalue weighted by Gasteiger charge is 2.38. The number of aliphatic hydroxyl groups excluding tert-OH is 1. The maximum atomic E-state index is 9.60. The third kappa shape index (κ3) is 3.80. The number of aromatic amines is 1. The molecular formula is C26H31N3O2. The Hall–Kier alpha value is -2.18. The first kappa shape index (κ1) is 19.5. The lowest BCUT2D eigenvalue weighted by Gasteiger charge is -2.26. The van der Waals surface area contributed by atoms with Crippen LogP contribution in [0.2, 0.25) is 0 Å². The predicted octanol–water partition coefficient (Wildman–Crippen LogP) is 3.76. The molecule has 0 amide bonds. The number of nitrogens with one attached hydrogen (secondary N) is 1. The first-order valence-corrected chi connectivity index (χ1v) is 11.7. The van der Waals surface area contributed by atoms with Crippen LogP contribution in [0.25, 0.3) is 22.0 Å². The van der Waals surface area contributed by atoms with Gasteiger partial charge in [0.1, 0.15) is 0 Å². The van der Waals surface area contributed by atoms with Crippen molar-refractivity contribution in [2.75, 3.05) is 26.3 Å². The number of fused-ring (bicyclic) bond motifs is 3. The number of nitrogens with zero attached hydrogens (tertiary/aromatic N) is 2. The molecule has 1 aromatic heterocycles. The number of likely N-dealkylation sites (tertiary alicyclic amines) is 2. The number of hydrogen-bond donors (Lipinski definition) is 2. The monoisotopic (exact) mass is 417 g/mol. The summed E-state index contributed by atoms with van der Waals surface area (Å²) in [4.78, 5) is 8.55. The molecule has 0 aliphatic carbocycles. The lowest BCUT2D eigenvalue weighted by Crippen LogP contribution is -2.36. The number of morpholine rings is 1. The van der Waals surface area contributed by atoms with Crippen LogP contribution in [0.5, 0.6) is 0 Å². The maximum absolute atomic E-state index is 9.60. The van der Waals surface area contributed by atoms with E-state index in [2.05, 4.69) is 63.3 Å². The van der Waals surface area contributed by atoms with Crippen molar-refractivity contribution in [1.82, 2.24) is 14.8 Å². The van der Waals surface area contributed by atoms with Crippen LogP contribution in [-0.2, 0) is 17.8 Å². The van der Waals surface area contributed by atoms with E-state index >= 15 is 0 Å². The molecule has 2 N–H and O–H groups in total. The number of ether oxygens (including phenoxy) is 1. The molecule has 162 valence electrons. The van der Waals surface area contributed by atoms with Crippen LogP contribution < -0.4 is 0 Å². The molecule has 3 aliphatic heterocycles. The topological polar surface area (TPSA) is 51.7 Å². The molecule has 6 rings (SSSR count). The minimum Gasteiger partial charge on any atom is -0.395 e. The smallest absolute Gasteiger partial charge is 0.0718 e. The normalized spacial score (nSPS) is 26.4. The molecular weight excluding hydrogens is 386 g/mol. The maximum Gasteiger partial charge on any atom is 0.0718 e. The summed E-state index contributed by atoms with van der Waals surface area (Å²) >= 11 is 0. The number of aromatic nitrogens is 1. The average molecular weight is 418 g/mol. The van der Waals surface area contributed by atoms with Gasteiger partial charge in [0.2, 0.25) is 0 Å². The molecule has 4 heterocycles. The summed E-state index contributed by atoms with van der Waals surface area (Å²) in [7, 11) is 0. The van der Waals surface area contributed by atoms with E-state index in [1.165, 1.54) is 46.1 Å². The van der Waals surface area contributed by atoms with E-state index in [0.717, 1.165) is 39.2 Å². The van der Waals surface area contributed by atoms with Crippen LogP contribution in [0.3, 0.4) is 0 Å². The standard InChI is InChI=1S/C26H31N3O2/c30-16-23-5-2-8-28(23)14-22-11-21-10-20(6-7-26(21)27-22)19-4-1-3-18(9-19)13-29-15-25-12-24(29)17-31-25/h1,3-4,6-7,9-11,23-25,27,30H,2,5,8,12-17H2/t23-,24+,25+/m1/s1. The zero-order valence-electron chi connectivity index (χ0n) is 18.0. The fourth-order valence-electron chi connectivity index (χ4n) is 5.74. The van der Waals surface area contributed by atoms with Crippen LogP contribution in [0.4, 0.5) is 0 Å². The molecule has 3 saturated heterocycles. The summed E-state index contributed by atoms with van der Waals surface area (Å²) < 4.78 is 5.75. The van der Waals surface area contributed by atoms with Gasteiger partial charge in [-0.05, 0) is 66.8 Å². The van der Waals surface area contributed by atoms with Crippen LogP contribution >= 0.6 is 0 Å². The Bertz CT molecular complexity index is 1080. The van der Waals surface area contributed by atoms with E-state index in [1.54, 1.807) is 0 Å². The van der Waals surface area contributed by atoms with Gasteiger partial charge in [-0.25, -0.2) is 0 Å². The zero-order chi connectivity index (χ0) is 20.8. The molecule has 31 heavy (non-hydrogen) atoms. The molecule has 0 spiro atoms. The lowest BCUT2D eigenvalue weighted by molar-refractivity contribution is 0.0273. The Labute approximate surface area is 183 Å². The van der Waals surface area contributed by atoms with E-state index in [1.807, 2.05) is 0 Å². The van der Waals surface area contributed by atoms with Gasteiger partial charge < -0.3 is 14.8 Å². The van der Waals surface area contributed by atoms with Gasteiger partial charge in [0.25, 0.3) is 0 Å². The van der Waals surface area contributed by atoms with E-state index in [4.69, 9.17) is 4.74 Å². The van der Waals surface area contributed by atoms with E-state index < -0.39 is 0 Å². The number of hydrogen-bond acceptors (Lipinski definition) is 4. The van der Waals surface area contributed by atoms with Crippen molar-refractivity contribution in [2.24, 2.45) is 0 Å². The van der Waals surface area contributed by atoms with Crippen LogP contribution in [0.1, 0.15) is 30.5 Å². The highest BCUT2D eigenvalue weighted by molar-refractivity contribution is 5.86. The lowest BCUT2D eigenvalue weighted by atomic mass is 10.0. The third-order valence-corrected chi connectivity index (χ3v) is 7.42.